The lowest BCUT2D eigenvalue weighted by Gasteiger charge is -2.35. The van der Waals surface area contributed by atoms with Crippen LogP contribution in [0.15, 0.2) is 62.5 Å². The van der Waals surface area contributed by atoms with Crippen molar-refractivity contribution in [2.24, 2.45) is 14.1 Å². The lowest BCUT2D eigenvalue weighted by atomic mass is 9.95. The molecule has 1 atom stereocenters. The Morgan fingerprint density at radius 1 is 1.07 bits per heavy atom. The summed E-state index contributed by atoms with van der Waals surface area (Å²) in [6.45, 7) is 0.265. The van der Waals surface area contributed by atoms with Crippen LogP contribution in [0.5, 0.6) is 0 Å². The highest BCUT2D eigenvalue weighted by Crippen LogP contribution is 2.40. The van der Waals surface area contributed by atoms with Gasteiger partial charge in [0, 0.05) is 31.7 Å². The van der Waals surface area contributed by atoms with Gasteiger partial charge in [0.1, 0.15) is 0 Å². The Balaban J connectivity index is 1.93. The third kappa shape index (κ3) is 2.86. The number of hydrogen-bond acceptors (Lipinski definition) is 5. The highest BCUT2D eigenvalue weighted by atomic mass is 32.2. The normalized spacial score (nSPS) is 17.4. The van der Waals surface area contributed by atoms with Gasteiger partial charge in [-0.3, -0.25) is 9.36 Å². The Morgan fingerprint density at radius 2 is 1.79 bits per heavy atom. The van der Waals surface area contributed by atoms with Crippen LogP contribution in [0.4, 0.5) is 0 Å². The Morgan fingerprint density at radius 3 is 2.50 bits per heavy atom. The highest BCUT2D eigenvalue weighted by molar-refractivity contribution is 7.89. The summed E-state index contributed by atoms with van der Waals surface area (Å²) in [5.41, 5.74) is 0.396. The second kappa shape index (κ2) is 6.84. The molecule has 0 fully saturated rings. The topological polar surface area (TPSA) is 81.4 Å². The van der Waals surface area contributed by atoms with Crippen LogP contribution in [-0.4, -0.2) is 28.4 Å². The van der Waals surface area contributed by atoms with E-state index in [-0.39, 0.29) is 6.54 Å². The molecule has 0 N–H and O–H groups in total. The third-order valence-electron chi connectivity index (χ3n) is 5.04. The molecule has 28 heavy (non-hydrogen) atoms. The van der Waals surface area contributed by atoms with Crippen LogP contribution in [0.3, 0.4) is 0 Å². The van der Waals surface area contributed by atoms with Crippen molar-refractivity contribution < 1.29 is 8.42 Å². The van der Waals surface area contributed by atoms with E-state index in [0.29, 0.717) is 6.42 Å². The van der Waals surface area contributed by atoms with Crippen molar-refractivity contribution in [3.8, 4) is 0 Å². The molecule has 4 rings (SSSR count). The zero-order chi connectivity index (χ0) is 20.1. The van der Waals surface area contributed by atoms with E-state index in [2.05, 4.69) is 0 Å². The van der Waals surface area contributed by atoms with E-state index in [9.17, 15) is 18.0 Å². The minimum atomic E-state index is -4.13. The monoisotopic (exact) mass is 417 g/mol. The first-order chi connectivity index (χ1) is 13.3. The molecule has 0 aliphatic carbocycles. The van der Waals surface area contributed by atoms with E-state index in [4.69, 9.17) is 0 Å². The van der Waals surface area contributed by atoms with Crippen molar-refractivity contribution >= 4 is 21.4 Å². The minimum absolute atomic E-state index is 0.265. The summed E-state index contributed by atoms with van der Waals surface area (Å²) in [6.07, 6.45) is 1.70. The largest absolute Gasteiger partial charge is 0.330 e. The summed E-state index contributed by atoms with van der Waals surface area (Å²) in [5, 5.41) is 1.96. The van der Waals surface area contributed by atoms with Crippen molar-refractivity contribution in [2.75, 3.05) is 6.54 Å². The molecule has 0 saturated carbocycles. The van der Waals surface area contributed by atoms with Crippen LogP contribution in [0.2, 0.25) is 0 Å². The lowest BCUT2D eigenvalue weighted by molar-refractivity contribution is 0.345. The first kappa shape index (κ1) is 18.9. The van der Waals surface area contributed by atoms with Crippen molar-refractivity contribution in [3.63, 3.8) is 0 Å². The van der Waals surface area contributed by atoms with Gasteiger partial charge < -0.3 is 4.57 Å². The fourth-order valence-corrected chi connectivity index (χ4v) is 6.26. The number of thiophene rings is 1. The van der Waals surface area contributed by atoms with Gasteiger partial charge in [0.05, 0.1) is 6.04 Å². The molecule has 0 bridgehead atoms. The molecular weight excluding hydrogens is 398 g/mol. The molecule has 1 aliphatic heterocycles. The number of nitrogens with zero attached hydrogens (tertiary/aromatic N) is 3. The smallest absolute Gasteiger partial charge is 0.302 e. The van der Waals surface area contributed by atoms with Gasteiger partial charge in [0.15, 0.2) is 4.90 Å². The summed E-state index contributed by atoms with van der Waals surface area (Å²) >= 11 is 1.61. The molecule has 1 aliphatic rings. The van der Waals surface area contributed by atoms with Crippen molar-refractivity contribution in [1.29, 1.82) is 0 Å². The van der Waals surface area contributed by atoms with Crippen LogP contribution < -0.4 is 11.2 Å². The van der Waals surface area contributed by atoms with E-state index in [1.807, 2.05) is 41.8 Å². The van der Waals surface area contributed by atoms with Gasteiger partial charge >= 0.3 is 5.69 Å². The van der Waals surface area contributed by atoms with Gasteiger partial charge in [-0.2, -0.15) is 4.31 Å². The van der Waals surface area contributed by atoms with Crippen LogP contribution in [0, 0.1) is 0 Å². The second-order valence-electron chi connectivity index (χ2n) is 6.73. The number of hydrogen-bond donors (Lipinski definition) is 0. The highest BCUT2D eigenvalue weighted by Gasteiger charge is 2.39. The first-order valence-corrected chi connectivity index (χ1v) is 11.0. The Hall–Kier alpha value is -2.49. The number of aromatic nitrogens is 2. The van der Waals surface area contributed by atoms with E-state index < -0.39 is 32.2 Å². The summed E-state index contributed by atoms with van der Waals surface area (Å²) in [6, 6.07) is 10.8. The van der Waals surface area contributed by atoms with Crippen molar-refractivity contribution in [3.05, 3.63) is 84.8 Å². The Bertz CT molecular complexity index is 1260. The lowest BCUT2D eigenvalue weighted by Crippen LogP contribution is -2.45. The quantitative estimate of drug-likeness (QED) is 0.647. The van der Waals surface area contributed by atoms with Gasteiger partial charge in [-0.1, -0.05) is 30.3 Å². The van der Waals surface area contributed by atoms with Crippen LogP contribution in [0.25, 0.3) is 0 Å². The van der Waals surface area contributed by atoms with Gasteiger partial charge in [-0.15, -0.1) is 11.3 Å². The molecule has 0 unspecified atom stereocenters. The molecule has 9 heteroatoms. The van der Waals surface area contributed by atoms with E-state index >= 15 is 0 Å². The fourth-order valence-electron chi connectivity index (χ4n) is 3.61. The molecule has 0 spiro atoms. The van der Waals surface area contributed by atoms with E-state index in [1.54, 1.807) is 11.3 Å². The maximum Gasteiger partial charge on any atom is 0.330 e. The molecule has 2 aromatic heterocycles. The maximum atomic E-state index is 13.5. The molecule has 3 heterocycles. The molecule has 3 aromatic rings. The molecule has 0 saturated heterocycles. The zero-order valence-corrected chi connectivity index (χ0v) is 17.0. The Labute approximate surface area is 166 Å². The average molecular weight is 418 g/mol. The molecule has 0 radical (unpaired) electrons. The van der Waals surface area contributed by atoms with Crippen LogP contribution in [-0.2, 0) is 30.5 Å². The molecule has 1 aromatic carbocycles. The first-order valence-electron chi connectivity index (χ1n) is 8.72. The van der Waals surface area contributed by atoms with Gasteiger partial charge in [-0.05, 0) is 29.0 Å². The fraction of sp³-hybridized carbons (Fsp3) is 0.263. The number of aryl methyl sites for hydroxylation is 1. The summed E-state index contributed by atoms with van der Waals surface area (Å²) in [4.78, 5) is 25.3. The van der Waals surface area contributed by atoms with Crippen molar-refractivity contribution in [2.45, 2.75) is 17.4 Å². The average Bonchev–Trinajstić information content (AvgIpc) is 3.17. The predicted molar refractivity (Wildman–Crippen MR) is 107 cm³/mol. The number of fused-ring (bicyclic) bond motifs is 1. The number of rotatable bonds is 3. The van der Waals surface area contributed by atoms with Gasteiger partial charge in [0.2, 0.25) is 0 Å². The van der Waals surface area contributed by atoms with Crippen LogP contribution in [0.1, 0.15) is 22.0 Å². The molecule has 7 nitrogen and oxygen atoms in total. The van der Waals surface area contributed by atoms with E-state index in [0.717, 1.165) is 31.3 Å². The molecule has 0 amide bonds. The van der Waals surface area contributed by atoms with Gasteiger partial charge in [-0.25, -0.2) is 13.2 Å². The molecular formula is C19H19N3O4S2. The zero-order valence-electron chi connectivity index (χ0n) is 15.4. The van der Waals surface area contributed by atoms with Crippen LogP contribution >= 0.6 is 11.3 Å². The number of benzene rings is 1. The standard InChI is InChI=1S/C19H19N3O4S2/c1-20-12-16(18(23)21(2)19(20)24)28(25,26)22-10-8-15-14(9-11-27-15)17(22)13-6-4-3-5-7-13/h3-7,9,11-12,17H,8,10H2,1-2H3/t17-/m0/s1. The predicted octanol–water partition coefficient (Wildman–Crippen LogP) is 1.48. The summed E-state index contributed by atoms with van der Waals surface area (Å²) in [5.74, 6) is 0. The molecule has 146 valence electrons. The van der Waals surface area contributed by atoms with Crippen molar-refractivity contribution in [1.82, 2.24) is 13.4 Å². The maximum absolute atomic E-state index is 13.5. The minimum Gasteiger partial charge on any atom is -0.302 e. The second-order valence-corrected chi connectivity index (χ2v) is 9.59. The number of sulfonamides is 1. The van der Waals surface area contributed by atoms with Gasteiger partial charge in [0.25, 0.3) is 15.6 Å². The third-order valence-corrected chi connectivity index (χ3v) is 7.88. The van der Waals surface area contributed by atoms with E-state index in [1.165, 1.54) is 18.4 Å². The Kier molecular flexibility index (Phi) is 4.60. The summed E-state index contributed by atoms with van der Waals surface area (Å²) in [7, 11) is -1.41. The summed E-state index contributed by atoms with van der Waals surface area (Å²) < 4.78 is 30.4. The SMILES string of the molecule is Cn1cc(S(=O)(=O)N2CCc3sccc3[C@@H]2c2ccccc2)c(=O)n(C)c1=O.